The lowest BCUT2D eigenvalue weighted by Gasteiger charge is -2.19. The van der Waals surface area contributed by atoms with Gasteiger partial charge in [0.15, 0.2) is 11.6 Å². The van der Waals surface area contributed by atoms with Crippen LogP contribution in [-0.4, -0.2) is 0 Å². The van der Waals surface area contributed by atoms with E-state index < -0.39 is 11.6 Å². The predicted octanol–water partition coefficient (Wildman–Crippen LogP) is 2.94. The highest BCUT2D eigenvalue weighted by atomic mass is 19.1. The van der Waals surface area contributed by atoms with Gasteiger partial charge in [0.05, 0.1) is 11.6 Å². The second-order valence-electron chi connectivity index (χ2n) is 4.78. The largest absolute Gasteiger partial charge is 0.399 e. The first-order valence-corrected chi connectivity index (χ1v) is 6.10. The van der Waals surface area contributed by atoms with E-state index in [2.05, 4.69) is 0 Å². The van der Waals surface area contributed by atoms with Crippen LogP contribution in [0.15, 0.2) is 30.3 Å². The van der Waals surface area contributed by atoms with Gasteiger partial charge in [-0.15, -0.1) is 0 Å². The standard InChI is InChI=1S/C15H11F2N3/c16-13-3-9(6-18)4-14(17)15(13)20-7-10-1-2-12(19)5-11(10)8-20/h1-5H,7-8,19H2. The highest BCUT2D eigenvalue weighted by Crippen LogP contribution is 2.33. The number of anilines is 2. The van der Waals surface area contributed by atoms with Gasteiger partial charge in [0.2, 0.25) is 0 Å². The van der Waals surface area contributed by atoms with Crippen LogP contribution in [-0.2, 0) is 13.1 Å². The number of halogens is 2. The molecule has 1 aliphatic heterocycles. The van der Waals surface area contributed by atoms with E-state index >= 15 is 0 Å². The fourth-order valence-electron chi connectivity index (χ4n) is 2.50. The molecule has 0 bridgehead atoms. The molecule has 0 spiro atoms. The van der Waals surface area contributed by atoms with Gasteiger partial charge in [0.1, 0.15) is 5.69 Å². The summed E-state index contributed by atoms with van der Waals surface area (Å²) in [6.07, 6.45) is 0. The lowest BCUT2D eigenvalue weighted by Crippen LogP contribution is -2.17. The van der Waals surface area contributed by atoms with Crippen LogP contribution >= 0.6 is 0 Å². The summed E-state index contributed by atoms with van der Waals surface area (Å²) >= 11 is 0. The van der Waals surface area contributed by atoms with Gasteiger partial charge in [-0.3, -0.25) is 0 Å². The van der Waals surface area contributed by atoms with E-state index in [4.69, 9.17) is 11.0 Å². The van der Waals surface area contributed by atoms with Gasteiger partial charge in [-0.1, -0.05) is 6.07 Å². The predicted molar refractivity (Wildman–Crippen MR) is 71.8 cm³/mol. The first-order chi connectivity index (χ1) is 9.58. The SMILES string of the molecule is N#Cc1cc(F)c(N2Cc3ccc(N)cc3C2)c(F)c1. The van der Waals surface area contributed by atoms with Crippen molar-refractivity contribution in [3.63, 3.8) is 0 Å². The molecule has 3 rings (SSSR count). The normalized spacial score (nSPS) is 13.2. The van der Waals surface area contributed by atoms with E-state index in [1.165, 1.54) is 0 Å². The number of nitrogen functional groups attached to an aromatic ring is 1. The zero-order chi connectivity index (χ0) is 14.3. The van der Waals surface area contributed by atoms with E-state index in [9.17, 15) is 8.78 Å². The molecule has 0 saturated carbocycles. The molecule has 100 valence electrons. The Morgan fingerprint density at radius 1 is 1.05 bits per heavy atom. The minimum Gasteiger partial charge on any atom is -0.399 e. The molecule has 1 aliphatic rings. The Morgan fingerprint density at radius 3 is 2.35 bits per heavy atom. The topological polar surface area (TPSA) is 53.0 Å². The number of nitriles is 1. The molecule has 0 unspecified atom stereocenters. The Labute approximate surface area is 114 Å². The van der Waals surface area contributed by atoms with Gasteiger partial charge in [0.25, 0.3) is 0 Å². The second-order valence-corrected chi connectivity index (χ2v) is 4.78. The first-order valence-electron chi connectivity index (χ1n) is 6.10. The molecule has 5 heteroatoms. The number of hydrogen-bond donors (Lipinski definition) is 1. The molecule has 0 fully saturated rings. The van der Waals surface area contributed by atoms with Gasteiger partial charge < -0.3 is 10.6 Å². The van der Waals surface area contributed by atoms with Gasteiger partial charge in [-0.2, -0.15) is 5.26 Å². The van der Waals surface area contributed by atoms with Crippen molar-refractivity contribution in [3.05, 3.63) is 58.7 Å². The van der Waals surface area contributed by atoms with Crippen LogP contribution in [0.5, 0.6) is 0 Å². The van der Waals surface area contributed by atoms with E-state index in [0.717, 1.165) is 23.3 Å². The lowest BCUT2D eigenvalue weighted by atomic mass is 10.1. The average Bonchev–Trinajstić information content (AvgIpc) is 2.80. The van der Waals surface area contributed by atoms with Crippen LogP contribution in [0.4, 0.5) is 20.2 Å². The molecule has 1 heterocycles. The monoisotopic (exact) mass is 271 g/mol. The highest BCUT2D eigenvalue weighted by molar-refractivity contribution is 5.58. The Kier molecular flexibility index (Phi) is 2.79. The van der Waals surface area contributed by atoms with Crippen molar-refractivity contribution >= 4 is 11.4 Å². The maximum absolute atomic E-state index is 14.0. The summed E-state index contributed by atoms with van der Waals surface area (Å²) in [6.45, 7) is 0.829. The highest BCUT2D eigenvalue weighted by Gasteiger charge is 2.24. The van der Waals surface area contributed by atoms with Crippen LogP contribution in [0, 0.1) is 23.0 Å². The molecule has 0 aromatic heterocycles. The molecule has 0 aliphatic carbocycles. The fraction of sp³-hybridized carbons (Fsp3) is 0.133. The van der Waals surface area contributed by atoms with E-state index in [1.807, 2.05) is 12.1 Å². The minimum absolute atomic E-state index is 0.0234. The first kappa shape index (κ1) is 12.4. The fourth-order valence-corrected chi connectivity index (χ4v) is 2.50. The van der Waals surface area contributed by atoms with Crippen molar-refractivity contribution in [1.82, 2.24) is 0 Å². The van der Waals surface area contributed by atoms with Crippen LogP contribution in [0.1, 0.15) is 16.7 Å². The van der Waals surface area contributed by atoms with Crippen molar-refractivity contribution in [1.29, 1.82) is 5.26 Å². The lowest BCUT2D eigenvalue weighted by molar-refractivity contribution is 0.572. The Bertz CT molecular complexity index is 711. The van der Waals surface area contributed by atoms with Crippen LogP contribution in [0.3, 0.4) is 0 Å². The summed E-state index contributed by atoms with van der Waals surface area (Å²) < 4.78 is 28.0. The third-order valence-corrected chi connectivity index (χ3v) is 3.41. The molecule has 20 heavy (non-hydrogen) atoms. The third kappa shape index (κ3) is 1.95. The molecule has 2 N–H and O–H groups in total. The molecule has 0 amide bonds. The maximum Gasteiger partial charge on any atom is 0.150 e. The molecule has 0 radical (unpaired) electrons. The quantitative estimate of drug-likeness (QED) is 0.811. The zero-order valence-electron chi connectivity index (χ0n) is 10.5. The number of hydrogen-bond acceptors (Lipinski definition) is 3. The zero-order valence-corrected chi connectivity index (χ0v) is 10.5. The van der Waals surface area contributed by atoms with Gasteiger partial charge in [-0.25, -0.2) is 8.78 Å². The number of rotatable bonds is 1. The molecular formula is C15H11F2N3. The van der Waals surface area contributed by atoms with Crippen molar-refractivity contribution in [2.75, 3.05) is 10.6 Å². The smallest absolute Gasteiger partial charge is 0.150 e. The molecule has 3 nitrogen and oxygen atoms in total. The Morgan fingerprint density at radius 2 is 1.70 bits per heavy atom. The van der Waals surface area contributed by atoms with Crippen LogP contribution in [0.25, 0.3) is 0 Å². The number of nitrogens with two attached hydrogens (primary N) is 1. The average molecular weight is 271 g/mol. The molecular weight excluding hydrogens is 260 g/mol. The van der Waals surface area contributed by atoms with Gasteiger partial charge >= 0.3 is 0 Å². The second kappa shape index (κ2) is 4.49. The van der Waals surface area contributed by atoms with Crippen LogP contribution < -0.4 is 10.6 Å². The summed E-state index contributed by atoms with van der Waals surface area (Å²) in [5, 5.41) is 8.70. The van der Waals surface area contributed by atoms with E-state index in [1.54, 1.807) is 17.0 Å². The van der Waals surface area contributed by atoms with Crippen LogP contribution in [0.2, 0.25) is 0 Å². The van der Waals surface area contributed by atoms with Crippen molar-refractivity contribution in [2.45, 2.75) is 13.1 Å². The summed E-state index contributed by atoms with van der Waals surface area (Å²) in [4.78, 5) is 1.61. The van der Waals surface area contributed by atoms with E-state index in [-0.39, 0.29) is 11.3 Å². The Hall–Kier alpha value is -2.61. The van der Waals surface area contributed by atoms with Crippen molar-refractivity contribution < 1.29 is 8.78 Å². The van der Waals surface area contributed by atoms with E-state index in [0.29, 0.717) is 18.8 Å². The third-order valence-electron chi connectivity index (χ3n) is 3.41. The summed E-state index contributed by atoms with van der Waals surface area (Å²) in [6, 6.07) is 9.29. The summed E-state index contributed by atoms with van der Waals surface area (Å²) in [5.74, 6) is -1.44. The molecule has 0 saturated heterocycles. The molecule has 2 aromatic carbocycles. The summed E-state index contributed by atoms with van der Waals surface area (Å²) in [5.41, 5.74) is 8.19. The number of fused-ring (bicyclic) bond motifs is 1. The molecule has 0 atom stereocenters. The number of nitrogens with zero attached hydrogens (tertiary/aromatic N) is 2. The maximum atomic E-state index is 14.0. The van der Waals surface area contributed by atoms with Gasteiger partial charge in [0, 0.05) is 18.8 Å². The molecule has 2 aromatic rings. The minimum atomic E-state index is -0.720. The Balaban J connectivity index is 1.99. The number of benzene rings is 2. The van der Waals surface area contributed by atoms with Gasteiger partial charge in [-0.05, 0) is 35.4 Å². The summed E-state index contributed by atoms with van der Waals surface area (Å²) in [7, 11) is 0. The van der Waals surface area contributed by atoms with Crippen molar-refractivity contribution in [3.8, 4) is 6.07 Å². The van der Waals surface area contributed by atoms with Crippen molar-refractivity contribution in [2.24, 2.45) is 0 Å².